The lowest BCUT2D eigenvalue weighted by Gasteiger charge is -2.26. The number of allylic oxidation sites excluding steroid dienone is 1. The molecule has 2 rings (SSSR count). The van der Waals surface area contributed by atoms with Crippen molar-refractivity contribution >= 4 is 46.9 Å². The molecule has 0 fully saturated rings. The van der Waals surface area contributed by atoms with Gasteiger partial charge in [0.15, 0.2) is 0 Å². The van der Waals surface area contributed by atoms with E-state index in [-0.39, 0.29) is 17.7 Å². The fourth-order valence-electron chi connectivity index (χ4n) is 3.06. The van der Waals surface area contributed by atoms with Crippen molar-refractivity contribution < 1.29 is 29.1 Å². The van der Waals surface area contributed by atoms with Gasteiger partial charge in [0.1, 0.15) is 12.6 Å². The summed E-state index contributed by atoms with van der Waals surface area (Å²) >= 11 is 5.63. The first-order chi connectivity index (χ1) is 18.1. The van der Waals surface area contributed by atoms with Gasteiger partial charge in [-0.15, -0.1) is 0 Å². The molecule has 2 aromatic carbocycles. The van der Waals surface area contributed by atoms with Crippen molar-refractivity contribution in [3.8, 4) is 0 Å². The molecule has 39 heavy (non-hydrogen) atoms. The molecular weight excluding hydrogens is 526 g/mol. The number of benzene rings is 2. The highest BCUT2D eigenvalue weighted by molar-refractivity contribution is 6.33. The third-order valence-electron chi connectivity index (χ3n) is 4.79. The number of rotatable bonds is 8. The highest BCUT2D eigenvalue weighted by Crippen LogP contribution is 2.20. The maximum atomic E-state index is 12.8. The van der Waals surface area contributed by atoms with E-state index in [0.29, 0.717) is 26.8 Å². The molecule has 0 aliphatic rings. The van der Waals surface area contributed by atoms with Crippen molar-refractivity contribution in [3.63, 3.8) is 0 Å². The summed E-state index contributed by atoms with van der Waals surface area (Å²) in [4.78, 5) is 58.9. The Balaban J connectivity index is 0.000000573. The Morgan fingerprint density at radius 3 is 2.18 bits per heavy atom. The zero-order chi connectivity index (χ0) is 29.8. The molecule has 0 saturated heterocycles. The van der Waals surface area contributed by atoms with E-state index in [1.807, 2.05) is 20.8 Å². The number of carbonyl (C=O) groups is 5. The number of nitrogens with zero attached hydrogens (tertiary/aromatic N) is 1. The van der Waals surface area contributed by atoms with Crippen LogP contribution in [-0.2, 0) is 19.2 Å². The molecule has 0 radical (unpaired) electrons. The van der Waals surface area contributed by atoms with Crippen LogP contribution in [0.15, 0.2) is 60.7 Å². The minimum Gasteiger partial charge on any atom is -0.480 e. The molecular formula is C27H34ClN5O6. The van der Waals surface area contributed by atoms with Gasteiger partial charge in [-0.25, -0.2) is 5.01 Å². The average molecular weight is 560 g/mol. The van der Waals surface area contributed by atoms with Gasteiger partial charge in [-0.3, -0.25) is 29.4 Å². The standard InChI is InChI=1S/C20H27N3O5.C7H7ClN2O/c1-5-9-16(25)23(13-17(26)27)22-19(28)18(14-10-7-6-8-11-14)21-15(24)12-20(2,3)4;8-5-3-4(7(10)11)1-2-6(5)9/h5-11,18H,12-13H2,1-4H3,(H,21,24)(H,22,28)(H,26,27);1-3H,9H2,(H2,10,11)/b9-5+;. The number of halogens is 1. The molecule has 0 aromatic heterocycles. The Morgan fingerprint density at radius 1 is 1.08 bits per heavy atom. The molecule has 4 amide bonds. The van der Waals surface area contributed by atoms with Crippen LogP contribution in [0.25, 0.3) is 0 Å². The van der Waals surface area contributed by atoms with E-state index >= 15 is 0 Å². The summed E-state index contributed by atoms with van der Waals surface area (Å²) in [5, 5.41) is 12.7. The van der Waals surface area contributed by atoms with E-state index in [4.69, 9.17) is 28.2 Å². The lowest BCUT2D eigenvalue weighted by Crippen LogP contribution is -2.52. The van der Waals surface area contributed by atoms with E-state index < -0.39 is 36.3 Å². The van der Waals surface area contributed by atoms with Crippen LogP contribution < -0.4 is 22.2 Å². The number of nitrogen functional groups attached to an aromatic ring is 1. The quantitative estimate of drug-likeness (QED) is 0.187. The van der Waals surface area contributed by atoms with E-state index in [2.05, 4.69) is 10.7 Å². The van der Waals surface area contributed by atoms with Crippen LogP contribution in [0.1, 0.15) is 56.1 Å². The lowest BCUT2D eigenvalue weighted by atomic mass is 9.91. The number of nitrogens with one attached hydrogen (secondary N) is 2. The number of hydrazine groups is 1. The van der Waals surface area contributed by atoms with Crippen LogP contribution >= 0.6 is 11.6 Å². The zero-order valence-electron chi connectivity index (χ0n) is 22.2. The van der Waals surface area contributed by atoms with Crippen LogP contribution in [0.5, 0.6) is 0 Å². The Bertz CT molecular complexity index is 1210. The number of nitrogens with two attached hydrogens (primary N) is 2. The van der Waals surface area contributed by atoms with Gasteiger partial charge in [-0.05, 0) is 36.1 Å². The molecule has 0 aliphatic heterocycles. The molecule has 0 saturated carbocycles. The fourth-order valence-corrected chi connectivity index (χ4v) is 3.24. The third kappa shape index (κ3) is 12.1. The van der Waals surface area contributed by atoms with Gasteiger partial charge >= 0.3 is 5.97 Å². The van der Waals surface area contributed by atoms with Gasteiger partial charge in [0.05, 0.1) is 10.7 Å². The Morgan fingerprint density at radius 2 is 1.69 bits per heavy atom. The number of primary amides is 1. The topological polar surface area (TPSA) is 185 Å². The SMILES string of the molecule is C/C=C/C(=O)N(CC(=O)O)NC(=O)C(NC(=O)CC(C)(C)C)c1ccccc1.NC(=O)c1ccc(N)c(Cl)c1. The van der Waals surface area contributed by atoms with Crippen LogP contribution in [-0.4, -0.2) is 46.3 Å². The summed E-state index contributed by atoms with van der Waals surface area (Å²) in [5.74, 6) is -3.53. The highest BCUT2D eigenvalue weighted by Gasteiger charge is 2.27. The number of amides is 4. The van der Waals surface area contributed by atoms with Crippen molar-refractivity contribution in [3.05, 3.63) is 76.8 Å². The number of carbonyl (C=O) groups excluding carboxylic acids is 4. The maximum Gasteiger partial charge on any atom is 0.325 e. The van der Waals surface area contributed by atoms with Crippen molar-refractivity contribution in [2.24, 2.45) is 11.1 Å². The van der Waals surface area contributed by atoms with Crippen LogP contribution in [0, 0.1) is 5.41 Å². The first-order valence-electron chi connectivity index (χ1n) is 11.8. The number of anilines is 1. The predicted octanol–water partition coefficient (Wildman–Crippen LogP) is 2.82. The van der Waals surface area contributed by atoms with Gasteiger partial charge in [0.2, 0.25) is 11.8 Å². The van der Waals surface area contributed by atoms with Gasteiger partial charge < -0.3 is 21.9 Å². The summed E-state index contributed by atoms with van der Waals surface area (Å²) < 4.78 is 0. The smallest absolute Gasteiger partial charge is 0.325 e. The molecule has 2 aromatic rings. The molecule has 0 heterocycles. The van der Waals surface area contributed by atoms with E-state index in [1.54, 1.807) is 43.3 Å². The van der Waals surface area contributed by atoms with Gasteiger partial charge in [-0.1, -0.05) is 68.8 Å². The number of carboxylic acid groups (broad SMARTS) is 1. The fraction of sp³-hybridized carbons (Fsp3) is 0.296. The number of hydrogen-bond donors (Lipinski definition) is 5. The van der Waals surface area contributed by atoms with E-state index in [9.17, 15) is 24.0 Å². The minimum absolute atomic E-state index is 0.194. The highest BCUT2D eigenvalue weighted by atomic mass is 35.5. The van der Waals surface area contributed by atoms with Crippen molar-refractivity contribution in [1.82, 2.24) is 15.8 Å². The van der Waals surface area contributed by atoms with Crippen LogP contribution in [0.2, 0.25) is 5.02 Å². The van der Waals surface area contributed by atoms with Gasteiger partial charge in [0.25, 0.3) is 11.8 Å². The second kappa shape index (κ2) is 15.1. The summed E-state index contributed by atoms with van der Waals surface area (Å²) in [5.41, 5.74) is 13.7. The van der Waals surface area contributed by atoms with Crippen LogP contribution in [0.3, 0.4) is 0 Å². The summed E-state index contributed by atoms with van der Waals surface area (Å²) in [6, 6.07) is 12.0. The molecule has 1 atom stereocenters. The summed E-state index contributed by atoms with van der Waals surface area (Å²) in [7, 11) is 0. The molecule has 12 heteroatoms. The second-order valence-corrected chi connectivity index (χ2v) is 9.95. The largest absolute Gasteiger partial charge is 0.480 e. The molecule has 0 spiro atoms. The van der Waals surface area contributed by atoms with Crippen molar-refractivity contribution in [2.75, 3.05) is 12.3 Å². The number of hydrogen-bond acceptors (Lipinski definition) is 6. The first kappa shape index (κ1) is 32.6. The molecule has 1 unspecified atom stereocenters. The molecule has 7 N–H and O–H groups in total. The van der Waals surface area contributed by atoms with Crippen LogP contribution in [0.4, 0.5) is 5.69 Å². The number of carboxylic acids is 1. The molecule has 210 valence electrons. The number of aliphatic carboxylic acids is 1. The molecule has 0 bridgehead atoms. The second-order valence-electron chi connectivity index (χ2n) is 9.54. The van der Waals surface area contributed by atoms with E-state index in [1.165, 1.54) is 18.2 Å². The average Bonchev–Trinajstić information content (AvgIpc) is 2.83. The summed E-state index contributed by atoms with van der Waals surface area (Å²) in [6.07, 6.45) is 2.77. The summed E-state index contributed by atoms with van der Waals surface area (Å²) in [6.45, 7) is 6.57. The predicted molar refractivity (Wildman–Crippen MR) is 148 cm³/mol. The Hall–Kier alpha value is -4.38. The van der Waals surface area contributed by atoms with Gasteiger partial charge in [0, 0.05) is 18.1 Å². The maximum absolute atomic E-state index is 12.8. The van der Waals surface area contributed by atoms with Gasteiger partial charge in [-0.2, -0.15) is 0 Å². The Kier molecular flexibility index (Phi) is 12.7. The zero-order valence-corrected chi connectivity index (χ0v) is 23.0. The minimum atomic E-state index is -1.29. The normalized spacial score (nSPS) is 11.5. The molecule has 0 aliphatic carbocycles. The van der Waals surface area contributed by atoms with Crippen molar-refractivity contribution in [2.45, 2.75) is 40.2 Å². The Labute approximate surface area is 232 Å². The lowest BCUT2D eigenvalue weighted by molar-refractivity contribution is -0.148. The first-order valence-corrected chi connectivity index (χ1v) is 12.2. The molecule has 11 nitrogen and oxygen atoms in total. The third-order valence-corrected chi connectivity index (χ3v) is 5.12. The monoisotopic (exact) mass is 559 g/mol. The van der Waals surface area contributed by atoms with Crippen molar-refractivity contribution in [1.29, 1.82) is 0 Å². The van der Waals surface area contributed by atoms with E-state index in [0.717, 1.165) is 6.08 Å².